The minimum Gasteiger partial charge on any atom is -0.273 e. The summed E-state index contributed by atoms with van der Waals surface area (Å²) >= 11 is 6.46. The SMILES string of the molecule is CCn1cc(Cn2ncc(Br)c(Br)c2=O)cn1. The zero-order valence-corrected chi connectivity index (χ0v) is 12.3. The van der Waals surface area contributed by atoms with E-state index < -0.39 is 0 Å². The van der Waals surface area contributed by atoms with E-state index >= 15 is 0 Å². The summed E-state index contributed by atoms with van der Waals surface area (Å²) in [5.41, 5.74) is 0.791. The summed E-state index contributed by atoms with van der Waals surface area (Å²) in [5, 5.41) is 8.21. The molecule has 0 aliphatic carbocycles. The number of halogens is 2. The van der Waals surface area contributed by atoms with E-state index in [9.17, 15) is 4.79 Å². The van der Waals surface area contributed by atoms with Crippen molar-refractivity contribution in [3.8, 4) is 0 Å². The Morgan fingerprint density at radius 1 is 1.29 bits per heavy atom. The fourth-order valence-electron chi connectivity index (χ4n) is 1.39. The van der Waals surface area contributed by atoms with Crippen LogP contribution >= 0.6 is 31.9 Å². The number of rotatable bonds is 3. The predicted molar refractivity (Wildman–Crippen MR) is 70.9 cm³/mol. The smallest absolute Gasteiger partial charge is 0.273 e. The first-order chi connectivity index (χ1) is 8.11. The van der Waals surface area contributed by atoms with Gasteiger partial charge in [-0.15, -0.1) is 0 Å². The topological polar surface area (TPSA) is 52.7 Å². The van der Waals surface area contributed by atoms with Gasteiger partial charge in [0.2, 0.25) is 0 Å². The van der Waals surface area contributed by atoms with Crippen molar-refractivity contribution in [1.82, 2.24) is 19.6 Å². The lowest BCUT2D eigenvalue weighted by Crippen LogP contribution is -2.23. The first-order valence-electron chi connectivity index (χ1n) is 5.04. The van der Waals surface area contributed by atoms with E-state index in [0.29, 0.717) is 15.5 Å². The van der Waals surface area contributed by atoms with Crippen molar-refractivity contribution in [1.29, 1.82) is 0 Å². The Hall–Kier alpha value is -0.950. The van der Waals surface area contributed by atoms with Crippen molar-refractivity contribution < 1.29 is 0 Å². The maximum Gasteiger partial charge on any atom is 0.282 e. The van der Waals surface area contributed by atoms with Gasteiger partial charge in [0.15, 0.2) is 0 Å². The van der Waals surface area contributed by atoms with E-state index in [-0.39, 0.29) is 5.56 Å². The number of hydrogen-bond acceptors (Lipinski definition) is 3. The fourth-order valence-corrected chi connectivity index (χ4v) is 1.96. The second kappa shape index (κ2) is 5.14. The Morgan fingerprint density at radius 2 is 2.06 bits per heavy atom. The molecule has 2 rings (SSSR count). The van der Waals surface area contributed by atoms with Crippen molar-refractivity contribution in [3.05, 3.63) is 43.5 Å². The third kappa shape index (κ3) is 2.66. The quantitative estimate of drug-likeness (QED) is 0.840. The maximum atomic E-state index is 11.9. The second-order valence-electron chi connectivity index (χ2n) is 3.47. The van der Waals surface area contributed by atoms with Crippen LogP contribution in [0.5, 0.6) is 0 Å². The normalized spacial score (nSPS) is 10.8. The van der Waals surface area contributed by atoms with Crippen LogP contribution in [0.25, 0.3) is 0 Å². The van der Waals surface area contributed by atoms with Gasteiger partial charge >= 0.3 is 0 Å². The molecule has 0 radical (unpaired) electrons. The summed E-state index contributed by atoms with van der Waals surface area (Å²) < 4.78 is 4.35. The van der Waals surface area contributed by atoms with Gasteiger partial charge in [-0.1, -0.05) is 0 Å². The summed E-state index contributed by atoms with van der Waals surface area (Å²) in [6, 6.07) is 0. The first-order valence-corrected chi connectivity index (χ1v) is 6.63. The van der Waals surface area contributed by atoms with E-state index in [1.165, 1.54) is 4.68 Å². The molecule has 17 heavy (non-hydrogen) atoms. The van der Waals surface area contributed by atoms with Gasteiger partial charge < -0.3 is 0 Å². The van der Waals surface area contributed by atoms with Crippen LogP contribution < -0.4 is 5.56 Å². The predicted octanol–water partition coefficient (Wildman–Crippen LogP) is 2.03. The average molecular weight is 362 g/mol. The van der Waals surface area contributed by atoms with Crippen LogP contribution in [0.3, 0.4) is 0 Å². The highest BCUT2D eigenvalue weighted by atomic mass is 79.9. The number of aryl methyl sites for hydroxylation is 1. The van der Waals surface area contributed by atoms with Crippen LogP contribution in [-0.2, 0) is 13.1 Å². The molecule has 0 aromatic carbocycles. The maximum absolute atomic E-state index is 11.9. The molecule has 0 amide bonds. The summed E-state index contributed by atoms with van der Waals surface area (Å²) in [7, 11) is 0. The fraction of sp³-hybridized carbons (Fsp3) is 0.300. The lowest BCUT2D eigenvalue weighted by molar-refractivity contribution is 0.629. The molecule has 2 aromatic rings. The standard InChI is InChI=1S/C10H10Br2N4O/c1-2-15-5-7(3-13-15)6-16-10(17)9(12)8(11)4-14-16/h3-5H,2,6H2,1H3. The van der Waals surface area contributed by atoms with Gasteiger partial charge in [-0.2, -0.15) is 10.2 Å². The summed E-state index contributed by atoms with van der Waals surface area (Å²) in [6.07, 6.45) is 5.24. The van der Waals surface area contributed by atoms with Crippen molar-refractivity contribution in [2.75, 3.05) is 0 Å². The Balaban J connectivity index is 2.30. The van der Waals surface area contributed by atoms with Gasteiger partial charge in [-0.05, 0) is 38.8 Å². The van der Waals surface area contributed by atoms with Gasteiger partial charge in [0.05, 0.1) is 23.4 Å². The molecule has 0 aliphatic rings. The molecule has 0 bridgehead atoms. The summed E-state index contributed by atoms with van der Waals surface area (Å²) in [6.45, 7) is 3.24. The van der Waals surface area contributed by atoms with Gasteiger partial charge in [0, 0.05) is 18.3 Å². The Bertz CT molecular complexity index is 590. The molecular formula is C10H10Br2N4O. The lowest BCUT2D eigenvalue weighted by Gasteiger charge is -2.03. The van der Waals surface area contributed by atoms with Crippen molar-refractivity contribution in [3.63, 3.8) is 0 Å². The average Bonchev–Trinajstić information content (AvgIpc) is 2.78. The Kier molecular flexibility index (Phi) is 3.78. The third-order valence-corrected chi connectivity index (χ3v) is 4.19. The monoisotopic (exact) mass is 360 g/mol. The highest BCUT2D eigenvalue weighted by molar-refractivity contribution is 9.13. The Labute approximate surface area is 115 Å². The molecule has 7 heteroatoms. The van der Waals surface area contributed by atoms with Crippen LogP contribution in [0.2, 0.25) is 0 Å². The molecule has 0 saturated heterocycles. The summed E-state index contributed by atoms with van der Waals surface area (Å²) in [4.78, 5) is 11.9. The van der Waals surface area contributed by atoms with Crippen molar-refractivity contribution in [2.45, 2.75) is 20.0 Å². The molecular weight excluding hydrogens is 352 g/mol. The van der Waals surface area contributed by atoms with E-state index in [0.717, 1.165) is 12.1 Å². The summed E-state index contributed by atoms with van der Waals surface area (Å²) in [5.74, 6) is 0. The highest BCUT2D eigenvalue weighted by Crippen LogP contribution is 2.16. The van der Waals surface area contributed by atoms with Gasteiger partial charge in [0.1, 0.15) is 4.47 Å². The lowest BCUT2D eigenvalue weighted by atomic mass is 10.3. The minimum absolute atomic E-state index is 0.163. The van der Waals surface area contributed by atoms with Crippen LogP contribution in [0.15, 0.2) is 32.3 Å². The van der Waals surface area contributed by atoms with Crippen LogP contribution in [0.1, 0.15) is 12.5 Å². The molecule has 90 valence electrons. The first kappa shape index (κ1) is 12.5. The largest absolute Gasteiger partial charge is 0.282 e. The van der Waals surface area contributed by atoms with Crippen molar-refractivity contribution >= 4 is 31.9 Å². The molecule has 0 N–H and O–H groups in total. The molecule has 0 fully saturated rings. The number of aromatic nitrogens is 4. The Morgan fingerprint density at radius 3 is 2.71 bits per heavy atom. The van der Waals surface area contributed by atoms with E-state index in [1.54, 1.807) is 12.4 Å². The molecule has 2 aromatic heterocycles. The molecule has 0 spiro atoms. The number of nitrogens with zero attached hydrogens (tertiary/aromatic N) is 4. The van der Waals surface area contributed by atoms with Gasteiger partial charge in [0.25, 0.3) is 5.56 Å². The van der Waals surface area contributed by atoms with Gasteiger partial charge in [-0.3, -0.25) is 9.48 Å². The van der Waals surface area contributed by atoms with E-state index in [4.69, 9.17) is 0 Å². The van der Waals surface area contributed by atoms with Gasteiger partial charge in [-0.25, -0.2) is 4.68 Å². The molecule has 0 atom stereocenters. The number of hydrogen-bond donors (Lipinski definition) is 0. The van der Waals surface area contributed by atoms with Crippen LogP contribution in [0, 0.1) is 0 Å². The highest BCUT2D eigenvalue weighted by Gasteiger charge is 2.07. The minimum atomic E-state index is -0.163. The van der Waals surface area contributed by atoms with Crippen molar-refractivity contribution in [2.24, 2.45) is 0 Å². The molecule has 0 unspecified atom stereocenters. The zero-order valence-electron chi connectivity index (χ0n) is 9.10. The third-order valence-electron chi connectivity index (χ3n) is 2.29. The second-order valence-corrected chi connectivity index (χ2v) is 5.12. The van der Waals surface area contributed by atoms with E-state index in [2.05, 4.69) is 42.1 Å². The molecule has 5 nitrogen and oxygen atoms in total. The molecule has 0 aliphatic heterocycles. The molecule has 2 heterocycles. The zero-order chi connectivity index (χ0) is 12.4. The van der Waals surface area contributed by atoms with E-state index in [1.807, 2.05) is 17.8 Å². The molecule has 0 saturated carbocycles. The van der Waals surface area contributed by atoms with Crippen LogP contribution in [-0.4, -0.2) is 19.6 Å². The van der Waals surface area contributed by atoms with Crippen LogP contribution in [0.4, 0.5) is 0 Å².